The number of hydrogen-bond acceptors (Lipinski definition) is 6. The highest BCUT2D eigenvalue weighted by Crippen LogP contribution is 2.33. The average Bonchev–Trinajstić information content (AvgIpc) is 2.27. The summed E-state index contributed by atoms with van der Waals surface area (Å²) >= 11 is 0. The zero-order valence-electron chi connectivity index (χ0n) is 9.21. The van der Waals surface area contributed by atoms with Crippen molar-refractivity contribution < 1.29 is 23.5 Å². The molecule has 0 radical (unpaired) electrons. The summed E-state index contributed by atoms with van der Waals surface area (Å²) in [6.45, 7) is 2.69. The van der Waals surface area contributed by atoms with Crippen molar-refractivity contribution in [2.45, 2.75) is 18.7 Å². The van der Waals surface area contributed by atoms with E-state index in [-0.39, 0.29) is 27.6 Å². The molecule has 17 heavy (non-hydrogen) atoms. The molecule has 0 heterocycles. The second-order valence-electron chi connectivity index (χ2n) is 3.29. The van der Waals surface area contributed by atoms with Crippen LogP contribution >= 0.6 is 0 Å². The standard InChI is InChI=1S/C9H11NO6S/c1-3-17(14,15)9-6(2)7(10(11)12)4-5-8(9)16-13/h4-5,13H,3H2,1-2H3. The number of sulfone groups is 1. The number of nitrogens with zero attached hydrogens (tertiary/aromatic N) is 1. The van der Waals surface area contributed by atoms with Crippen molar-refractivity contribution in [3.63, 3.8) is 0 Å². The number of nitro benzene ring substituents is 1. The Morgan fingerprint density at radius 2 is 2.06 bits per heavy atom. The molecule has 0 saturated heterocycles. The Hall–Kier alpha value is -1.67. The van der Waals surface area contributed by atoms with Crippen LogP contribution in [0.4, 0.5) is 5.69 Å². The van der Waals surface area contributed by atoms with Crippen molar-refractivity contribution in [2.75, 3.05) is 5.75 Å². The molecule has 0 aliphatic heterocycles. The average molecular weight is 261 g/mol. The molecular formula is C9H11NO6S. The molecule has 94 valence electrons. The summed E-state index contributed by atoms with van der Waals surface area (Å²) in [6, 6.07) is 2.13. The van der Waals surface area contributed by atoms with Gasteiger partial charge in [0.05, 0.1) is 10.7 Å². The van der Waals surface area contributed by atoms with E-state index < -0.39 is 14.8 Å². The van der Waals surface area contributed by atoms with Gasteiger partial charge in [-0.05, 0) is 13.0 Å². The molecule has 0 fully saturated rings. The van der Waals surface area contributed by atoms with E-state index in [0.717, 1.165) is 12.1 Å². The molecule has 0 aromatic heterocycles. The first-order valence-electron chi connectivity index (χ1n) is 4.67. The predicted octanol–water partition coefficient (Wildman–Crippen LogP) is 1.55. The Balaban J connectivity index is 3.66. The fourth-order valence-electron chi connectivity index (χ4n) is 1.46. The summed E-state index contributed by atoms with van der Waals surface area (Å²) in [5.74, 6) is -0.555. The number of rotatable bonds is 4. The highest BCUT2D eigenvalue weighted by atomic mass is 32.2. The SMILES string of the molecule is CCS(=O)(=O)c1c(OO)ccc([N+](=O)[O-])c1C. The van der Waals surface area contributed by atoms with Crippen molar-refractivity contribution in [1.29, 1.82) is 0 Å². The van der Waals surface area contributed by atoms with Gasteiger partial charge in [0, 0.05) is 11.6 Å². The van der Waals surface area contributed by atoms with E-state index >= 15 is 0 Å². The van der Waals surface area contributed by atoms with E-state index in [4.69, 9.17) is 5.26 Å². The molecule has 0 aliphatic carbocycles. The highest BCUT2D eigenvalue weighted by molar-refractivity contribution is 7.91. The summed E-state index contributed by atoms with van der Waals surface area (Å²) in [4.78, 5) is 13.6. The van der Waals surface area contributed by atoms with Crippen LogP contribution in [0.25, 0.3) is 0 Å². The van der Waals surface area contributed by atoms with Crippen LogP contribution in [0.3, 0.4) is 0 Å². The van der Waals surface area contributed by atoms with Gasteiger partial charge in [0.15, 0.2) is 15.6 Å². The predicted molar refractivity (Wildman–Crippen MR) is 58.8 cm³/mol. The Morgan fingerprint density at radius 1 is 1.47 bits per heavy atom. The van der Waals surface area contributed by atoms with Gasteiger partial charge in [0.1, 0.15) is 4.90 Å². The number of nitro groups is 1. The first kappa shape index (κ1) is 13.4. The van der Waals surface area contributed by atoms with Gasteiger partial charge in [-0.3, -0.25) is 10.1 Å². The van der Waals surface area contributed by atoms with Gasteiger partial charge in [0.2, 0.25) is 0 Å². The van der Waals surface area contributed by atoms with E-state index in [1.165, 1.54) is 13.8 Å². The van der Waals surface area contributed by atoms with E-state index in [1.54, 1.807) is 0 Å². The minimum atomic E-state index is -3.72. The Labute approximate surface area is 97.6 Å². The van der Waals surface area contributed by atoms with Gasteiger partial charge >= 0.3 is 0 Å². The van der Waals surface area contributed by atoms with Crippen molar-refractivity contribution >= 4 is 15.5 Å². The molecule has 8 heteroatoms. The molecule has 0 aliphatic rings. The molecule has 0 bridgehead atoms. The minimum Gasteiger partial charge on any atom is -0.339 e. The molecule has 1 rings (SSSR count). The second kappa shape index (κ2) is 4.68. The molecule has 0 spiro atoms. The van der Waals surface area contributed by atoms with Crippen LogP contribution < -0.4 is 4.89 Å². The van der Waals surface area contributed by atoms with Gasteiger partial charge in [-0.15, -0.1) is 0 Å². The molecule has 0 amide bonds. The third-order valence-corrected chi connectivity index (χ3v) is 4.22. The molecular weight excluding hydrogens is 250 g/mol. The fraction of sp³-hybridized carbons (Fsp3) is 0.333. The second-order valence-corrected chi connectivity index (χ2v) is 5.50. The zero-order chi connectivity index (χ0) is 13.2. The van der Waals surface area contributed by atoms with E-state index in [1.807, 2.05) is 0 Å². The normalized spacial score (nSPS) is 11.2. The molecule has 1 aromatic rings. The van der Waals surface area contributed by atoms with Crippen molar-refractivity contribution in [3.05, 3.63) is 27.8 Å². The lowest BCUT2D eigenvalue weighted by molar-refractivity contribution is -0.385. The topological polar surface area (TPSA) is 107 Å². The van der Waals surface area contributed by atoms with Gasteiger partial charge in [0.25, 0.3) is 5.69 Å². The van der Waals surface area contributed by atoms with Crippen LogP contribution in [-0.2, 0) is 9.84 Å². The molecule has 1 N–H and O–H groups in total. The molecule has 0 saturated carbocycles. The van der Waals surface area contributed by atoms with Crippen LogP contribution in [0.15, 0.2) is 17.0 Å². The van der Waals surface area contributed by atoms with E-state index in [2.05, 4.69) is 4.89 Å². The Bertz CT molecular complexity index is 551. The van der Waals surface area contributed by atoms with Crippen molar-refractivity contribution in [1.82, 2.24) is 0 Å². The quantitative estimate of drug-likeness (QED) is 0.500. The first-order valence-corrected chi connectivity index (χ1v) is 6.32. The van der Waals surface area contributed by atoms with Gasteiger partial charge in [-0.25, -0.2) is 13.7 Å². The summed E-state index contributed by atoms with van der Waals surface area (Å²) in [5, 5.41) is 19.3. The first-order chi connectivity index (χ1) is 7.85. The van der Waals surface area contributed by atoms with Gasteiger partial charge < -0.3 is 4.89 Å². The summed E-state index contributed by atoms with van der Waals surface area (Å²) < 4.78 is 23.5. The third-order valence-electron chi connectivity index (χ3n) is 2.33. The van der Waals surface area contributed by atoms with E-state index in [0.29, 0.717) is 0 Å². The summed E-state index contributed by atoms with van der Waals surface area (Å²) in [6.07, 6.45) is 0. The van der Waals surface area contributed by atoms with Crippen LogP contribution in [0.2, 0.25) is 0 Å². The number of benzene rings is 1. The molecule has 0 atom stereocenters. The molecule has 7 nitrogen and oxygen atoms in total. The summed E-state index contributed by atoms with van der Waals surface area (Å²) in [7, 11) is -3.72. The molecule has 0 unspecified atom stereocenters. The number of hydrogen-bond donors (Lipinski definition) is 1. The zero-order valence-corrected chi connectivity index (χ0v) is 10.0. The van der Waals surface area contributed by atoms with Gasteiger partial charge in [-0.1, -0.05) is 6.92 Å². The summed E-state index contributed by atoms with van der Waals surface area (Å²) in [5.41, 5.74) is -0.388. The fourth-order valence-corrected chi connectivity index (χ4v) is 2.73. The Morgan fingerprint density at radius 3 is 2.47 bits per heavy atom. The monoisotopic (exact) mass is 261 g/mol. The lowest BCUT2D eigenvalue weighted by Gasteiger charge is -2.09. The maximum atomic E-state index is 11.8. The largest absolute Gasteiger partial charge is 0.339 e. The van der Waals surface area contributed by atoms with Crippen molar-refractivity contribution in [2.24, 2.45) is 0 Å². The van der Waals surface area contributed by atoms with Gasteiger partial charge in [-0.2, -0.15) is 0 Å². The third kappa shape index (κ3) is 2.37. The highest BCUT2D eigenvalue weighted by Gasteiger charge is 2.27. The minimum absolute atomic E-state index is 0.0524. The van der Waals surface area contributed by atoms with Crippen LogP contribution in [0.5, 0.6) is 5.75 Å². The van der Waals surface area contributed by atoms with Crippen LogP contribution in [0.1, 0.15) is 12.5 Å². The van der Waals surface area contributed by atoms with Crippen LogP contribution in [0, 0.1) is 17.0 Å². The van der Waals surface area contributed by atoms with Crippen LogP contribution in [-0.4, -0.2) is 24.4 Å². The maximum Gasteiger partial charge on any atom is 0.273 e. The smallest absolute Gasteiger partial charge is 0.273 e. The Kier molecular flexibility index (Phi) is 3.69. The maximum absolute atomic E-state index is 11.8. The van der Waals surface area contributed by atoms with Crippen molar-refractivity contribution in [3.8, 4) is 5.75 Å². The lowest BCUT2D eigenvalue weighted by Crippen LogP contribution is -2.09. The molecule has 1 aromatic carbocycles. The van der Waals surface area contributed by atoms with E-state index in [9.17, 15) is 18.5 Å². The lowest BCUT2D eigenvalue weighted by atomic mass is 10.2.